The molecule has 17 heavy (non-hydrogen) atoms. The van der Waals surface area contributed by atoms with Crippen molar-refractivity contribution in [1.29, 1.82) is 0 Å². The number of nitrogens with one attached hydrogen (secondary N) is 1. The van der Waals surface area contributed by atoms with Gasteiger partial charge in [-0.25, -0.2) is 0 Å². The molecule has 1 aliphatic rings. The average Bonchev–Trinajstić information content (AvgIpc) is 2.23. The van der Waals surface area contributed by atoms with Gasteiger partial charge in [0.1, 0.15) is 5.75 Å². The largest absolute Gasteiger partial charge is 0.506 e. The molecular weight excluding hydrogens is 346 g/mol. The predicted octanol–water partition coefficient (Wildman–Crippen LogP) is 4.20. The number of phenols is 1. The smallest absolute Gasteiger partial charge is 0.143 e. The maximum Gasteiger partial charge on any atom is 0.143 e. The summed E-state index contributed by atoms with van der Waals surface area (Å²) in [5, 5.41) is 13.1. The highest BCUT2D eigenvalue weighted by molar-refractivity contribution is 9.11. The van der Waals surface area contributed by atoms with Crippen LogP contribution in [0.3, 0.4) is 0 Å². The molecule has 0 saturated heterocycles. The van der Waals surface area contributed by atoms with Gasteiger partial charge in [-0.1, -0.05) is 13.3 Å². The molecule has 2 N–H and O–H groups in total. The summed E-state index contributed by atoms with van der Waals surface area (Å²) in [4.78, 5) is 0. The molecule has 0 amide bonds. The van der Waals surface area contributed by atoms with Crippen molar-refractivity contribution in [3.63, 3.8) is 0 Å². The zero-order valence-corrected chi connectivity index (χ0v) is 13.1. The zero-order chi connectivity index (χ0) is 12.5. The van der Waals surface area contributed by atoms with Crippen LogP contribution in [0.25, 0.3) is 0 Å². The average molecular weight is 363 g/mol. The summed E-state index contributed by atoms with van der Waals surface area (Å²) in [6.45, 7) is 4.25. The van der Waals surface area contributed by atoms with Crippen LogP contribution in [-0.4, -0.2) is 11.7 Å². The van der Waals surface area contributed by atoms with Crippen molar-refractivity contribution in [3.05, 3.63) is 26.6 Å². The number of benzene rings is 1. The van der Waals surface area contributed by atoms with E-state index < -0.39 is 0 Å². The maximum absolute atomic E-state index is 9.62. The van der Waals surface area contributed by atoms with Gasteiger partial charge in [0.15, 0.2) is 0 Å². The summed E-state index contributed by atoms with van der Waals surface area (Å²) in [6.07, 6.45) is 4.04. The Morgan fingerprint density at radius 1 is 1.29 bits per heavy atom. The lowest BCUT2D eigenvalue weighted by atomic mass is 9.70. The molecule has 0 bridgehead atoms. The van der Waals surface area contributed by atoms with E-state index in [-0.39, 0.29) is 5.75 Å². The molecule has 0 aromatic heterocycles. The third kappa shape index (κ3) is 3.24. The fourth-order valence-electron chi connectivity index (χ4n) is 2.19. The molecule has 2 rings (SSSR count). The molecule has 0 radical (unpaired) electrons. The minimum Gasteiger partial charge on any atom is -0.506 e. The van der Waals surface area contributed by atoms with E-state index in [2.05, 4.69) is 44.1 Å². The van der Waals surface area contributed by atoms with Crippen LogP contribution in [0.4, 0.5) is 0 Å². The number of phenolic OH excluding ortho intramolecular Hbond substituents is 1. The third-order valence-electron chi connectivity index (χ3n) is 3.52. The third-order valence-corrected chi connectivity index (χ3v) is 4.73. The van der Waals surface area contributed by atoms with Gasteiger partial charge >= 0.3 is 0 Å². The molecule has 0 atom stereocenters. The van der Waals surface area contributed by atoms with E-state index in [1.54, 1.807) is 0 Å². The van der Waals surface area contributed by atoms with Gasteiger partial charge in [-0.15, -0.1) is 0 Å². The van der Waals surface area contributed by atoms with E-state index in [0.29, 0.717) is 5.41 Å². The van der Waals surface area contributed by atoms with E-state index >= 15 is 0 Å². The quantitative estimate of drug-likeness (QED) is 0.841. The van der Waals surface area contributed by atoms with E-state index in [0.717, 1.165) is 22.0 Å². The lowest BCUT2D eigenvalue weighted by Crippen LogP contribution is -2.36. The van der Waals surface area contributed by atoms with Gasteiger partial charge in [-0.2, -0.15) is 0 Å². The first-order valence-corrected chi connectivity index (χ1v) is 7.46. The van der Waals surface area contributed by atoms with Crippen molar-refractivity contribution in [3.8, 4) is 5.75 Å². The summed E-state index contributed by atoms with van der Waals surface area (Å²) >= 11 is 6.69. The topological polar surface area (TPSA) is 32.3 Å². The Bertz CT molecular complexity index is 393. The zero-order valence-electron chi connectivity index (χ0n) is 9.89. The second-order valence-electron chi connectivity index (χ2n) is 5.18. The Labute approximate surface area is 119 Å². The Kier molecular flexibility index (Phi) is 4.16. The number of aromatic hydroxyl groups is 1. The summed E-state index contributed by atoms with van der Waals surface area (Å²) < 4.78 is 1.47. The van der Waals surface area contributed by atoms with Crippen LogP contribution in [0.2, 0.25) is 0 Å². The van der Waals surface area contributed by atoms with Gasteiger partial charge < -0.3 is 10.4 Å². The molecule has 0 unspecified atom stereocenters. The Hall–Kier alpha value is -0.0600. The van der Waals surface area contributed by atoms with Crippen LogP contribution in [0.15, 0.2) is 21.1 Å². The van der Waals surface area contributed by atoms with Crippen LogP contribution < -0.4 is 5.32 Å². The highest BCUT2D eigenvalue weighted by Gasteiger charge is 2.30. The van der Waals surface area contributed by atoms with Gasteiger partial charge in [0, 0.05) is 13.1 Å². The SMILES string of the molecule is CC1(CNCc2cc(Br)c(O)c(Br)c2)CCC1. The summed E-state index contributed by atoms with van der Waals surface area (Å²) in [5.41, 5.74) is 1.68. The first-order chi connectivity index (χ1) is 8.00. The van der Waals surface area contributed by atoms with Crippen molar-refractivity contribution < 1.29 is 5.11 Å². The molecule has 1 fully saturated rings. The fourth-order valence-corrected chi connectivity index (χ4v) is 3.47. The Balaban J connectivity index is 1.90. The second kappa shape index (κ2) is 5.29. The fraction of sp³-hybridized carbons (Fsp3) is 0.538. The Morgan fingerprint density at radius 3 is 2.35 bits per heavy atom. The molecule has 1 aromatic rings. The number of hydrogen-bond acceptors (Lipinski definition) is 2. The van der Waals surface area contributed by atoms with Gasteiger partial charge in [0.25, 0.3) is 0 Å². The Morgan fingerprint density at radius 2 is 1.88 bits per heavy atom. The van der Waals surface area contributed by atoms with Crippen LogP contribution in [-0.2, 0) is 6.54 Å². The summed E-state index contributed by atoms with van der Waals surface area (Å²) in [5.74, 6) is 0.264. The van der Waals surface area contributed by atoms with Crippen LogP contribution in [0, 0.1) is 5.41 Å². The lowest BCUT2D eigenvalue weighted by Gasteiger charge is -2.38. The highest BCUT2D eigenvalue weighted by Crippen LogP contribution is 2.39. The van der Waals surface area contributed by atoms with Crippen LogP contribution >= 0.6 is 31.9 Å². The minimum absolute atomic E-state index is 0.264. The van der Waals surface area contributed by atoms with Crippen LogP contribution in [0.5, 0.6) is 5.75 Å². The first-order valence-electron chi connectivity index (χ1n) is 5.88. The van der Waals surface area contributed by atoms with Gasteiger partial charge in [0.05, 0.1) is 8.95 Å². The molecule has 2 nitrogen and oxygen atoms in total. The highest BCUT2D eigenvalue weighted by atomic mass is 79.9. The second-order valence-corrected chi connectivity index (χ2v) is 6.88. The molecule has 94 valence electrons. The maximum atomic E-state index is 9.62. The summed E-state index contributed by atoms with van der Waals surface area (Å²) in [6, 6.07) is 3.91. The number of rotatable bonds is 4. The molecule has 0 aliphatic heterocycles. The molecule has 4 heteroatoms. The lowest BCUT2D eigenvalue weighted by molar-refractivity contribution is 0.156. The first kappa shape index (κ1) is 13.4. The predicted molar refractivity (Wildman–Crippen MR) is 77.2 cm³/mol. The molecule has 0 heterocycles. The molecule has 1 aliphatic carbocycles. The van der Waals surface area contributed by atoms with Gasteiger partial charge in [0.2, 0.25) is 0 Å². The van der Waals surface area contributed by atoms with E-state index in [4.69, 9.17) is 0 Å². The number of halogens is 2. The monoisotopic (exact) mass is 361 g/mol. The summed E-state index contributed by atoms with van der Waals surface area (Å²) in [7, 11) is 0. The molecule has 1 saturated carbocycles. The van der Waals surface area contributed by atoms with Crippen molar-refractivity contribution in [1.82, 2.24) is 5.32 Å². The number of hydrogen-bond donors (Lipinski definition) is 2. The normalized spacial score (nSPS) is 17.8. The molecular formula is C13H17Br2NO. The van der Waals surface area contributed by atoms with Crippen molar-refractivity contribution in [2.45, 2.75) is 32.7 Å². The van der Waals surface area contributed by atoms with Gasteiger partial charge in [-0.05, 0) is 67.8 Å². The molecule has 0 spiro atoms. The van der Waals surface area contributed by atoms with Crippen molar-refractivity contribution >= 4 is 31.9 Å². The minimum atomic E-state index is 0.264. The van der Waals surface area contributed by atoms with Crippen molar-refractivity contribution in [2.24, 2.45) is 5.41 Å². The van der Waals surface area contributed by atoms with Crippen molar-refractivity contribution in [2.75, 3.05) is 6.54 Å². The standard InChI is InChI=1S/C13H17Br2NO/c1-13(3-2-4-13)8-16-7-9-5-10(14)12(17)11(15)6-9/h5-6,16-17H,2-4,7-8H2,1H3. The molecule has 1 aromatic carbocycles. The van der Waals surface area contributed by atoms with E-state index in [1.165, 1.54) is 24.8 Å². The van der Waals surface area contributed by atoms with E-state index in [9.17, 15) is 5.11 Å². The van der Waals surface area contributed by atoms with E-state index in [1.807, 2.05) is 12.1 Å². The van der Waals surface area contributed by atoms with Gasteiger partial charge in [-0.3, -0.25) is 0 Å². The van der Waals surface area contributed by atoms with Crippen LogP contribution in [0.1, 0.15) is 31.7 Å².